The van der Waals surface area contributed by atoms with Gasteiger partial charge in [0, 0.05) is 23.0 Å². The second-order valence-electron chi connectivity index (χ2n) is 6.63. The van der Waals surface area contributed by atoms with Crippen molar-refractivity contribution in [2.24, 2.45) is 0 Å². The van der Waals surface area contributed by atoms with E-state index in [0.29, 0.717) is 11.8 Å². The zero-order valence-corrected chi connectivity index (χ0v) is 15.0. The lowest BCUT2D eigenvalue weighted by Gasteiger charge is -2.30. The van der Waals surface area contributed by atoms with E-state index in [9.17, 15) is 4.39 Å². The third kappa shape index (κ3) is 3.94. The van der Waals surface area contributed by atoms with Crippen LogP contribution in [0.15, 0.2) is 52.9 Å². The lowest BCUT2D eigenvalue weighted by molar-refractivity contribution is 0.193. The summed E-state index contributed by atoms with van der Waals surface area (Å²) in [6.07, 6.45) is 1.96. The molecule has 1 fully saturated rings. The average Bonchev–Trinajstić information content (AvgIpc) is 3.13. The Morgan fingerprint density at radius 1 is 1.08 bits per heavy atom. The number of halogens is 2. The Morgan fingerprint density at radius 3 is 2.58 bits per heavy atom. The Labute approximate surface area is 156 Å². The average molecular weight is 372 g/mol. The fourth-order valence-electron chi connectivity index (χ4n) is 3.34. The summed E-state index contributed by atoms with van der Waals surface area (Å²) in [6, 6.07) is 14.1. The SMILES string of the molecule is Fc1ccc(-c2nnc(C3CCN(Cc4cccc(Cl)c4)CC3)o2)cc1. The molecule has 0 atom stereocenters. The molecule has 0 spiro atoms. The predicted molar refractivity (Wildman–Crippen MR) is 98.4 cm³/mol. The van der Waals surface area contributed by atoms with Crippen LogP contribution in [0.25, 0.3) is 11.5 Å². The highest BCUT2D eigenvalue weighted by Crippen LogP contribution is 2.30. The van der Waals surface area contributed by atoms with Crippen molar-refractivity contribution in [1.29, 1.82) is 0 Å². The lowest BCUT2D eigenvalue weighted by atomic mass is 9.96. The summed E-state index contributed by atoms with van der Waals surface area (Å²) in [6.45, 7) is 2.86. The van der Waals surface area contributed by atoms with Gasteiger partial charge in [-0.2, -0.15) is 0 Å². The van der Waals surface area contributed by atoms with Gasteiger partial charge in [-0.25, -0.2) is 4.39 Å². The molecule has 6 heteroatoms. The van der Waals surface area contributed by atoms with Crippen LogP contribution in [0.3, 0.4) is 0 Å². The smallest absolute Gasteiger partial charge is 0.247 e. The van der Waals surface area contributed by atoms with Crippen LogP contribution >= 0.6 is 11.6 Å². The number of nitrogens with zero attached hydrogens (tertiary/aromatic N) is 3. The first kappa shape index (κ1) is 17.2. The molecule has 2 aromatic carbocycles. The molecule has 0 radical (unpaired) electrons. The monoisotopic (exact) mass is 371 g/mol. The van der Waals surface area contributed by atoms with Gasteiger partial charge >= 0.3 is 0 Å². The Morgan fingerprint density at radius 2 is 1.85 bits per heavy atom. The van der Waals surface area contributed by atoms with Crippen LogP contribution in [0.2, 0.25) is 5.02 Å². The highest BCUT2D eigenvalue weighted by molar-refractivity contribution is 6.30. The third-order valence-corrected chi connectivity index (χ3v) is 5.00. The van der Waals surface area contributed by atoms with Crippen molar-refractivity contribution in [3.8, 4) is 11.5 Å². The van der Waals surface area contributed by atoms with E-state index in [1.54, 1.807) is 12.1 Å². The summed E-state index contributed by atoms with van der Waals surface area (Å²) >= 11 is 6.06. The van der Waals surface area contributed by atoms with Crippen molar-refractivity contribution >= 4 is 11.6 Å². The van der Waals surface area contributed by atoms with Gasteiger partial charge in [0.15, 0.2) is 0 Å². The summed E-state index contributed by atoms with van der Waals surface area (Å²) < 4.78 is 18.9. The van der Waals surface area contributed by atoms with Crippen molar-refractivity contribution in [3.05, 3.63) is 70.8 Å². The first-order chi connectivity index (χ1) is 12.7. The molecular formula is C20H19ClFN3O. The van der Waals surface area contributed by atoms with Crippen LogP contribution in [0.5, 0.6) is 0 Å². The van der Waals surface area contributed by atoms with Crippen molar-refractivity contribution in [2.45, 2.75) is 25.3 Å². The lowest BCUT2D eigenvalue weighted by Crippen LogP contribution is -2.32. The molecule has 0 unspecified atom stereocenters. The van der Waals surface area contributed by atoms with Gasteiger partial charge in [-0.05, 0) is 67.9 Å². The zero-order chi connectivity index (χ0) is 17.9. The first-order valence-corrected chi connectivity index (χ1v) is 9.11. The van der Waals surface area contributed by atoms with Crippen molar-refractivity contribution in [2.75, 3.05) is 13.1 Å². The van der Waals surface area contributed by atoms with Crippen molar-refractivity contribution in [3.63, 3.8) is 0 Å². The molecule has 1 aliphatic rings. The van der Waals surface area contributed by atoms with E-state index in [-0.39, 0.29) is 11.7 Å². The van der Waals surface area contributed by atoms with E-state index in [0.717, 1.165) is 43.1 Å². The number of likely N-dealkylation sites (tertiary alicyclic amines) is 1. The maximum Gasteiger partial charge on any atom is 0.247 e. The van der Waals surface area contributed by atoms with Crippen LogP contribution in [0, 0.1) is 5.82 Å². The minimum absolute atomic E-state index is 0.271. The molecule has 26 heavy (non-hydrogen) atoms. The Kier molecular flexibility index (Phi) is 5.00. The normalized spacial score (nSPS) is 16.1. The van der Waals surface area contributed by atoms with Gasteiger partial charge < -0.3 is 4.42 Å². The van der Waals surface area contributed by atoms with Crippen LogP contribution in [0.1, 0.15) is 30.2 Å². The number of rotatable bonds is 4. The molecule has 0 amide bonds. The first-order valence-electron chi connectivity index (χ1n) is 8.73. The van der Waals surface area contributed by atoms with E-state index in [2.05, 4.69) is 21.2 Å². The van der Waals surface area contributed by atoms with E-state index in [4.69, 9.17) is 16.0 Å². The molecule has 134 valence electrons. The van der Waals surface area contributed by atoms with Gasteiger partial charge in [-0.3, -0.25) is 4.90 Å². The molecule has 0 N–H and O–H groups in total. The third-order valence-electron chi connectivity index (χ3n) is 4.76. The molecule has 3 aromatic rings. The van der Waals surface area contributed by atoms with Crippen molar-refractivity contribution < 1.29 is 8.81 Å². The molecule has 0 bridgehead atoms. The maximum absolute atomic E-state index is 13.0. The largest absolute Gasteiger partial charge is 0.420 e. The number of piperidine rings is 1. The van der Waals surface area contributed by atoms with E-state index in [1.165, 1.54) is 17.7 Å². The topological polar surface area (TPSA) is 42.2 Å². The molecule has 4 nitrogen and oxygen atoms in total. The minimum atomic E-state index is -0.277. The van der Waals surface area contributed by atoms with E-state index in [1.807, 2.05) is 18.2 Å². The van der Waals surface area contributed by atoms with Crippen LogP contribution in [-0.4, -0.2) is 28.2 Å². The van der Waals surface area contributed by atoms with Gasteiger partial charge in [0.2, 0.25) is 11.8 Å². The summed E-state index contributed by atoms with van der Waals surface area (Å²) in [4.78, 5) is 2.42. The van der Waals surface area contributed by atoms with Crippen LogP contribution in [-0.2, 0) is 6.54 Å². The summed E-state index contributed by atoms with van der Waals surface area (Å²) in [5, 5.41) is 9.11. The van der Waals surface area contributed by atoms with Gasteiger partial charge in [0.1, 0.15) is 5.82 Å². The molecule has 2 heterocycles. The number of hydrogen-bond donors (Lipinski definition) is 0. The maximum atomic E-state index is 13.0. The van der Waals surface area contributed by atoms with Gasteiger partial charge in [-0.1, -0.05) is 23.7 Å². The second-order valence-corrected chi connectivity index (χ2v) is 7.07. The predicted octanol–water partition coefficient (Wildman–Crippen LogP) is 4.91. The highest BCUT2D eigenvalue weighted by atomic mass is 35.5. The molecule has 4 rings (SSSR count). The second kappa shape index (κ2) is 7.56. The van der Waals surface area contributed by atoms with E-state index >= 15 is 0 Å². The fourth-order valence-corrected chi connectivity index (χ4v) is 3.55. The van der Waals surface area contributed by atoms with Gasteiger partial charge in [0.05, 0.1) is 0 Å². The van der Waals surface area contributed by atoms with Crippen LogP contribution in [0.4, 0.5) is 4.39 Å². The highest BCUT2D eigenvalue weighted by Gasteiger charge is 2.25. The quantitative estimate of drug-likeness (QED) is 0.653. The Bertz CT molecular complexity index is 873. The zero-order valence-electron chi connectivity index (χ0n) is 14.2. The Hall–Kier alpha value is -2.24. The summed E-state index contributed by atoms with van der Waals surface area (Å²) in [7, 11) is 0. The molecule has 0 saturated carbocycles. The summed E-state index contributed by atoms with van der Waals surface area (Å²) in [5.41, 5.74) is 1.97. The van der Waals surface area contributed by atoms with Gasteiger partial charge in [-0.15, -0.1) is 10.2 Å². The number of aromatic nitrogens is 2. The molecule has 1 aromatic heterocycles. The molecule has 1 aliphatic heterocycles. The Balaban J connectivity index is 1.37. The summed E-state index contributed by atoms with van der Waals surface area (Å²) in [5.74, 6) is 1.11. The molecule has 0 aliphatic carbocycles. The van der Waals surface area contributed by atoms with Gasteiger partial charge in [0.25, 0.3) is 0 Å². The van der Waals surface area contributed by atoms with E-state index < -0.39 is 0 Å². The number of benzene rings is 2. The fraction of sp³-hybridized carbons (Fsp3) is 0.300. The minimum Gasteiger partial charge on any atom is -0.420 e. The molecule has 1 saturated heterocycles. The van der Waals surface area contributed by atoms with Crippen LogP contribution < -0.4 is 0 Å². The van der Waals surface area contributed by atoms with Crippen molar-refractivity contribution in [1.82, 2.24) is 15.1 Å². The standard InChI is InChI=1S/C20H19ClFN3O/c21-17-3-1-2-14(12-17)13-25-10-8-16(9-11-25)20-24-23-19(26-20)15-4-6-18(22)7-5-15/h1-7,12,16H,8-11,13H2. The number of hydrogen-bond acceptors (Lipinski definition) is 4. The molecular weight excluding hydrogens is 353 g/mol.